The maximum Gasteiger partial charge on any atom is 0.171 e. The van der Waals surface area contributed by atoms with Crippen molar-refractivity contribution in [2.24, 2.45) is 17.3 Å². The molecule has 5 heteroatoms. The normalized spacial score (nSPS) is 40.0. The van der Waals surface area contributed by atoms with Gasteiger partial charge in [-0.2, -0.15) is 0 Å². The highest BCUT2D eigenvalue weighted by molar-refractivity contribution is 5.51. The summed E-state index contributed by atoms with van der Waals surface area (Å²) in [6.07, 6.45) is 13.0. The fourth-order valence-electron chi connectivity index (χ4n) is 10.3. The molecule has 1 heterocycles. The van der Waals surface area contributed by atoms with Crippen LogP contribution < -0.4 is 4.90 Å². The van der Waals surface area contributed by atoms with Crippen LogP contribution in [0.3, 0.4) is 0 Å². The highest BCUT2D eigenvalue weighted by Gasteiger charge is 2.64. The highest BCUT2D eigenvalue weighted by atomic mass is 16.7. The van der Waals surface area contributed by atoms with Crippen LogP contribution >= 0.6 is 0 Å². The van der Waals surface area contributed by atoms with Crippen LogP contribution in [0.15, 0.2) is 35.4 Å². The molecule has 6 atom stereocenters. The van der Waals surface area contributed by atoms with Crippen LogP contribution in [0.5, 0.6) is 0 Å². The molecule has 222 valence electrons. The fraction of sp³-hybridized carbons (Fsp3) is 0.722. The van der Waals surface area contributed by atoms with Gasteiger partial charge in [-0.05, 0) is 93.4 Å². The number of rotatable bonds is 3. The van der Waals surface area contributed by atoms with E-state index in [0.29, 0.717) is 37.5 Å². The predicted molar refractivity (Wildman–Crippen MR) is 161 cm³/mol. The van der Waals surface area contributed by atoms with Gasteiger partial charge in [0.1, 0.15) is 5.60 Å². The van der Waals surface area contributed by atoms with Crippen LogP contribution in [0.2, 0.25) is 0 Å². The van der Waals surface area contributed by atoms with Crippen LogP contribution in [0.25, 0.3) is 0 Å². The molecule has 2 N–H and O–H groups in total. The van der Waals surface area contributed by atoms with Gasteiger partial charge in [0.15, 0.2) is 5.79 Å². The van der Waals surface area contributed by atoms with Gasteiger partial charge in [-0.1, -0.05) is 49.8 Å². The van der Waals surface area contributed by atoms with Gasteiger partial charge in [0.05, 0.1) is 18.8 Å². The Morgan fingerprint density at radius 3 is 2.37 bits per heavy atom. The van der Waals surface area contributed by atoms with Crippen molar-refractivity contribution < 1.29 is 19.7 Å². The van der Waals surface area contributed by atoms with Crippen LogP contribution in [0.4, 0.5) is 5.69 Å². The fourth-order valence-corrected chi connectivity index (χ4v) is 10.3. The topological polar surface area (TPSA) is 62.2 Å². The van der Waals surface area contributed by atoms with Gasteiger partial charge in [-0.15, -0.1) is 5.92 Å². The molecule has 7 rings (SSSR count). The van der Waals surface area contributed by atoms with E-state index in [4.69, 9.17) is 9.47 Å². The van der Waals surface area contributed by atoms with E-state index in [1.54, 1.807) is 0 Å². The molecule has 1 spiro atoms. The molecule has 0 amide bonds. The van der Waals surface area contributed by atoms with Gasteiger partial charge in [-0.25, -0.2) is 0 Å². The molecule has 6 unspecified atom stereocenters. The molecule has 1 saturated heterocycles. The van der Waals surface area contributed by atoms with Gasteiger partial charge >= 0.3 is 0 Å². The average molecular weight is 560 g/mol. The zero-order chi connectivity index (χ0) is 28.5. The summed E-state index contributed by atoms with van der Waals surface area (Å²) < 4.78 is 12.2. The Bertz CT molecular complexity index is 1250. The first-order chi connectivity index (χ1) is 19.7. The van der Waals surface area contributed by atoms with Gasteiger partial charge in [0.25, 0.3) is 0 Å². The Morgan fingerprint density at radius 1 is 0.927 bits per heavy atom. The van der Waals surface area contributed by atoms with E-state index >= 15 is 0 Å². The molecule has 1 aromatic carbocycles. The minimum Gasteiger partial charge on any atom is -0.385 e. The number of ether oxygens (including phenoxy) is 2. The van der Waals surface area contributed by atoms with Crippen LogP contribution in [0.1, 0.15) is 109 Å². The number of hydrogen-bond acceptors (Lipinski definition) is 5. The van der Waals surface area contributed by atoms with E-state index in [-0.39, 0.29) is 11.3 Å². The number of aliphatic hydroxyl groups is 2. The zero-order valence-corrected chi connectivity index (χ0v) is 25.4. The Labute approximate surface area is 246 Å². The number of allylic oxidation sites excluding steroid dienone is 1. The van der Waals surface area contributed by atoms with Crippen molar-refractivity contribution >= 4 is 5.69 Å². The Morgan fingerprint density at radius 2 is 1.66 bits per heavy atom. The van der Waals surface area contributed by atoms with Crippen molar-refractivity contribution in [3.8, 4) is 11.8 Å². The first kappa shape index (κ1) is 28.0. The monoisotopic (exact) mass is 559 g/mol. The molecule has 0 bridgehead atoms. The van der Waals surface area contributed by atoms with E-state index in [0.717, 1.165) is 44.9 Å². The lowest BCUT2D eigenvalue weighted by Gasteiger charge is -2.57. The zero-order valence-electron chi connectivity index (χ0n) is 25.4. The van der Waals surface area contributed by atoms with Gasteiger partial charge in [0, 0.05) is 43.0 Å². The van der Waals surface area contributed by atoms with Crippen molar-refractivity contribution in [2.45, 2.75) is 126 Å². The summed E-state index contributed by atoms with van der Waals surface area (Å²) >= 11 is 0. The van der Waals surface area contributed by atoms with Crippen molar-refractivity contribution in [1.29, 1.82) is 0 Å². The minimum atomic E-state index is -0.960. The summed E-state index contributed by atoms with van der Waals surface area (Å²) in [6.45, 7) is 5.40. The first-order valence-corrected chi connectivity index (χ1v) is 16.4. The minimum absolute atomic E-state index is 0.167. The molecule has 4 saturated carbocycles. The lowest BCUT2D eigenvalue weighted by molar-refractivity contribution is -0.208. The largest absolute Gasteiger partial charge is 0.385 e. The number of anilines is 1. The summed E-state index contributed by atoms with van der Waals surface area (Å²) in [5, 5.41) is 24.3. The van der Waals surface area contributed by atoms with E-state index < -0.39 is 17.0 Å². The molecule has 5 fully saturated rings. The maximum absolute atomic E-state index is 12.3. The second-order valence-corrected chi connectivity index (χ2v) is 14.4. The Kier molecular flexibility index (Phi) is 6.90. The maximum atomic E-state index is 12.3. The third-order valence-electron chi connectivity index (χ3n) is 12.5. The molecule has 6 aliphatic rings. The van der Waals surface area contributed by atoms with Gasteiger partial charge in [0.2, 0.25) is 0 Å². The predicted octanol–water partition coefficient (Wildman–Crippen LogP) is 6.48. The Hall–Kier alpha value is -1.84. The van der Waals surface area contributed by atoms with Gasteiger partial charge < -0.3 is 24.6 Å². The molecule has 0 aromatic heterocycles. The van der Waals surface area contributed by atoms with Crippen LogP contribution in [0, 0.1) is 29.1 Å². The molecular formula is C36H49NO4. The van der Waals surface area contributed by atoms with E-state index in [2.05, 4.69) is 55.0 Å². The number of hydrogen-bond donors (Lipinski definition) is 2. The lowest BCUT2D eigenvalue weighted by atomic mass is 9.49. The standard InChI is InChI=1S/C36H49NO4/c1-4-17-35(39)19-15-30-28-14-18-34(38)24-36(40-21-22-41-36)20-16-31(34)32(28)29(23-33(30,35)2)25-10-12-27(13-11-25)37(3)26-8-6-5-7-9-26/h10-13,26,28-30,38-39H,5-9,14-16,18-24H2,1-3H3. The van der Waals surface area contributed by atoms with E-state index in [9.17, 15) is 10.2 Å². The average Bonchev–Trinajstić information content (AvgIpc) is 3.53. The molecule has 41 heavy (non-hydrogen) atoms. The number of nitrogens with zero attached hydrogens (tertiary/aromatic N) is 1. The summed E-state index contributed by atoms with van der Waals surface area (Å²) in [5.41, 5.74) is 3.21. The highest BCUT2D eigenvalue weighted by Crippen LogP contribution is 2.67. The summed E-state index contributed by atoms with van der Waals surface area (Å²) in [4.78, 5) is 2.49. The first-order valence-electron chi connectivity index (χ1n) is 16.4. The van der Waals surface area contributed by atoms with E-state index in [1.807, 2.05) is 6.92 Å². The number of benzene rings is 1. The number of fused-ring (bicyclic) bond motifs is 4. The summed E-state index contributed by atoms with van der Waals surface area (Å²) in [6, 6.07) is 9.94. The van der Waals surface area contributed by atoms with Crippen molar-refractivity contribution in [3.63, 3.8) is 0 Å². The van der Waals surface area contributed by atoms with Crippen LogP contribution in [-0.2, 0) is 9.47 Å². The molecule has 0 radical (unpaired) electrons. The second-order valence-electron chi connectivity index (χ2n) is 14.4. The SMILES string of the molecule is CC#CC1(O)CCC2C3CCC4(O)CC5(CCC4=C3C(c3ccc(N(C)C4CCCCC4)cc3)CC21C)OCCO5. The van der Waals surface area contributed by atoms with Crippen LogP contribution in [-0.4, -0.2) is 53.5 Å². The second kappa shape index (κ2) is 10.1. The van der Waals surface area contributed by atoms with Gasteiger partial charge in [-0.3, -0.25) is 0 Å². The molecule has 5 aliphatic carbocycles. The molecule has 5 nitrogen and oxygen atoms in total. The summed E-state index contributed by atoms with van der Waals surface area (Å²) in [7, 11) is 2.26. The smallest absolute Gasteiger partial charge is 0.171 e. The van der Waals surface area contributed by atoms with Crippen molar-refractivity contribution in [1.82, 2.24) is 0 Å². The molecular weight excluding hydrogens is 510 g/mol. The molecule has 1 aromatic rings. The Balaban J connectivity index is 1.29. The van der Waals surface area contributed by atoms with Crippen molar-refractivity contribution in [2.75, 3.05) is 25.2 Å². The van der Waals surface area contributed by atoms with Crippen molar-refractivity contribution in [3.05, 3.63) is 41.0 Å². The lowest BCUT2D eigenvalue weighted by Crippen LogP contribution is -2.55. The molecule has 1 aliphatic heterocycles. The quantitative estimate of drug-likeness (QED) is 0.328. The third-order valence-corrected chi connectivity index (χ3v) is 12.5. The van der Waals surface area contributed by atoms with E-state index in [1.165, 1.54) is 54.5 Å². The summed E-state index contributed by atoms with van der Waals surface area (Å²) in [5.74, 6) is 6.65. The third kappa shape index (κ3) is 4.35.